The second-order valence-corrected chi connectivity index (χ2v) is 8.83. The maximum Gasteiger partial charge on any atom is 0.408 e. The van der Waals surface area contributed by atoms with Crippen LogP contribution < -0.4 is 5.32 Å². The van der Waals surface area contributed by atoms with Crippen LogP contribution >= 0.6 is 0 Å². The zero-order valence-corrected chi connectivity index (χ0v) is 18.5. The van der Waals surface area contributed by atoms with Crippen molar-refractivity contribution in [1.29, 1.82) is 0 Å². The molecule has 0 spiro atoms. The summed E-state index contributed by atoms with van der Waals surface area (Å²) in [6.07, 6.45) is 0.438. The standard InChI is InChI=1S/C22H33NO6/c1-21(2,3)28-18(24)13-12-15-8-10-16(11-9-15)14-17(19(25)27-7)23-20(26)29-22(4,5)6/h8-11,17H,12-14H2,1-7H3,(H,23,26)/t17-/m0/s1. The van der Waals surface area contributed by atoms with Crippen LogP contribution in [-0.2, 0) is 36.6 Å². The summed E-state index contributed by atoms with van der Waals surface area (Å²) in [6.45, 7) is 10.7. The van der Waals surface area contributed by atoms with Crippen LogP contribution in [0.5, 0.6) is 0 Å². The third-order valence-electron chi connectivity index (χ3n) is 3.68. The number of benzene rings is 1. The van der Waals surface area contributed by atoms with Gasteiger partial charge in [0.25, 0.3) is 0 Å². The van der Waals surface area contributed by atoms with Crippen LogP contribution in [0.4, 0.5) is 4.79 Å². The highest BCUT2D eigenvalue weighted by atomic mass is 16.6. The summed E-state index contributed by atoms with van der Waals surface area (Å²) in [7, 11) is 1.27. The lowest BCUT2D eigenvalue weighted by Gasteiger charge is -2.22. The highest BCUT2D eigenvalue weighted by Gasteiger charge is 2.25. The number of amides is 1. The van der Waals surface area contributed by atoms with Gasteiger partial charge in [0.15, 0.2) is 0 Å². The van der Waals surface area contributed by atoms with E-state index in [2.05, 4.69) is 5.32 Å². The van der Waals surface area contributed by atoms with E-state index in [0.29, 0.717) is 12.8 Å². The summed E-state index contributed by atoms with van der Waals surface area (Å²) in [5.41, 5.74) is 0.665. The fourth-order valence-electron chi connectivity index (χ4n) is 2.50. The summed E-state index contributed by atoms with van der Waals surface area (Å²) in [5, 5.41) is 2.55. The van der Waals surface area contributed by atoms with Gasteiger partial charge in [-0.1, -0.05) is 24.3 Å². The van der Waals surface area contributed by atoms with Crippen molar-refractivity contribution in [3.63, 3.8) is 0 Å². The van der Waals surface area contributed by atoms with Crippen LogP contribution in [-0.4, -0.2) is 42.4 Å². The number of carbonyl (C=O) groups excluding carboxylic acids is 3. The average molecular weight is 408 g/mol. The number of carbonyl (C=O) groups is 3. The third kappa shape index (κ3) is 10.5. The Morgan fingerprint density at radius 2 is 1.41 bits per heavy atom. The molecule has 1 N–H and O–H groups in total. The Kier molecular flexibility index (Phi) is 8.67. The zero-order chi connectivity index (χ0) is 22.2. The van der Waals surface area contributed by atoms with E-state index in [9.17, 15) is 14.4 Å². The predicted octanol–water partition coefficient (Wildman–Crippen LogP) is 3.57. The molecule has 1 aromatic carbocycles. The first kappa shape index (κ1) is 24.5. The molecule has 0 radical (unpaired) electrons. The second-order valence-electron chi connectivity index (χ2n) is 8.83. The topological polar surface area (TPSA) is 90.9 Å². The highest BCUT2D eigenvalue weighted by Crippen LogP contribution is 2.13. The lowest BCUT2D eigenvalue weighted by atomic mass is 10.0. The smallest absolute Gasteiger partial charge is 0.408 e. The van der Waals surface area contributed by atoms with E-state index in [1.807, 2.05) is 45.0 Å². The zero-order valence-electron chi connectivity index (χ0n) is 18.5. The Morgan fingerprint density at radius 1 is 0.897 bits per heavy atom. The largest absolute Gasteiger partial charge is 0.467 e. The number of alkyl carbamates (subject to hydrolysis) is 1. The van der Waals surface area contributed by atoms with Gasteiger partial charge < -0.3 is 19.5 Å². The first-order valence-electron chi connectivity index (χ1n) is 9.66. The van der Waals surface area contributed by atoms with Crippen molar-refractivity contribution in [2.75, 3.05) is 7.11 Å². The minimum atomic E-state index is -0.859. The molecule has 1 rings (SSSR count). The molecule has 1 amide bonds. The summed E-state index contributed by atoms with van der Waals surface area (Å²) in [6, 6.07) is 6.64. The molecule has 0 aliphatic rings. The van der Waals surface area contributed by atoms with E-state index in [0.717, 1.165) is 11.1 Å². The molecule has 0 unspecified atom stereocenters. The minimum Gasteiger partial charge on any atom is -0.467 e. The second kappa shape index (κ2) is 10.3. The molecule has 0 aromatic heterocycles. The van der Waals surface area contributed by atoms with Crippen LogP contribution in [0.2, 0.25) is 0 Å². The Bertz CT molecular complexity index is 697. The van der Waals surface area contributed by atoms with E-state index < -0.39 is 29.3 Å². The van der Waals surface area contributed by atoms with E-state index >= 15 is 0 Å². The van der Waals surface area contributed by atoms with Crippen LogP contribution in [0, 0.1) is 0 Å². The molecular formula is C22H33NO6. The fourth-order valence-corrected chi connectivity index (χ4v) is 2.50. The van der Waals surface area contributed by atoms with Crippen LogP contribution in [0.15, 0.2) is 24.3 Å². The first-order valence-corrected chi connectivity index (χ1v) is 9.66. The molecule has 7 nitrogen and oxygen atoms in total. The number of methoxy groups -OCH3 is 1. The van der Waals surface area contributed by atoms with E-state index in [4.69, 9.17) is 14.2 Å². The predicted molar refractivity (Wildman–Crippen MR) is 109 cm³/mol. The lowest BCUT2D eigenvalue weighted by molar-refractivity contribution is -0.154. The fraction of sp³-hybridized carbons (Fsp3) is 0.591. The molecule has 0 saturated carbocycles. The number of nitrogens with one attached hydrogen (secondary N) is 1. The van der Waals surface area contributed by atoms with Crippen molar-refractivity contribution in [1.82, 2.24) is 5.32 Å². The molecule has 0 saturated heterocycles. The molecule has 0 fully saturated rings. The van der Waals surface area contributed by atoms with Gasteiger partial charge in [-0.15, -0.1) is 0 Å². The molecule has 0 bridgehead atoms. The summed E-state index contributed by atoms with van der Waals surface area (Å²) in [5.74, 6) is -0.793. The molecular weight excluding hydrogens is 374 g/mol. The number of hydrogen-bond acceptors (Lipinski definition) is 6. The summed E-state index contributed by atoms with van der Waals surface area (Å²) in [4.78, 5) is 35.9. The van der Waals surface area contributed by atoms with Gasteiger partial charge >= 0.3 is 18.0 Å². The van der Waals surface area contributed by atoms with Gasteiger partial charge in [-0.25, -0.2) is 9.59 Å². The minimum absolute atomic E-state index is 0.242. The molecule has 0 aliphatic carbocycles. The highest BCUT2D eigenvalue weighted by molar-refractivity contribution is 5.81. The Morgan fingerprint density at radius 3 is 1.90 bits per heavy atom. The molecule has 1 atom stereocenters. The maximum absolute atomic E-state index is 12.0. The number of hydrogen-bond donors (Lipinski definition) is 1. The number of aryl methyl sites for hydroxylation is 1. The van der Waals surface area contributed by atoms with Gasteiger partial charge in [0.05, 0.1) is 7.11 Å². The monoisotopic (exact) mass is 407 g/mol. The first-order chi connectivity index (χ1) is 13.3. The van der Waals surface area contributed by atoms with Crippen molar-refractivity contribution >= 4 is 18.0 Å². The van der Waals surface area contributed by atoms with Gasteiger partial charge in [-0.05, 0) is 59.1 Å². The van der Waals surface area contributed by atoms with Crippen LogP contribution in [0.1, 0.15) is 59.1 Å². The SMILES string of the molecule is COC(=O)[C@H](Cc1ccc(CCC(=O)OC(C)(C)C)cc1)NC(=O)OC(C)(C)C. The van der Waals surface area contributed by atoms with Gasteiger partial charge in [0.1, 0.15) is 17.2 Å². The van der Waals surface area contributed by atoms with Gasteiger partial charge in [-0.2, -0.15) is 0 Å². The van der Waals surface area contributed by atoms with E-state index in [-0.39, 0.29) is 12.4 Å². The molecule has 0 heterocycles. The Hall–Kier alpha value is -2.57. The molecule has 29 heavy (non-hydrogen) atoms. The number of ether oxygens (including phenoxy) is 3. The van der Waals surface area contributed by atoms with Crippen molar-refractivity contribution in [3.8, 4) is 0 Å². The lowest BCUT2D eigenvalue weighted by Crippen LogP contribution is -2.45. The number of rotatable bonds is 7. The normalized spacial score (nSPS) is 12.7. The van der Waals surface area contributed by atoms with Crippen molar-refractivity contribution in [3.05, 3.63) is 35.4 Å². The quantitative estimate of drug-likeness (QED) is 0.549. The molecule has 7 heteroatoms. The molecule has 0 aliphatic heterocycles. The van der Waals surface area contributed by atoms with Crippen molar-refractivity contribution < 1.29 is 28.6 Å². The Labute approximate surface area is 173 Å². The van der Waals surface area contributed by atoms with E-state index in [1.54, 1.807) is 20.8 Å². The average Bonchev–Trinajstić information content (AvgIpc) is 2.56. The Balaban J connectivity index is 2.68. The van der Waals surface area contributed by atoms with E-state index in [1.165, 1.54) is 7.11 Å². The number of esters is 2. The van der Waals surface area contributed by atoms with Crippen molar-refractivity contribution in [2.45, 2.75) is 78.0 Å². The van der Waals surface area contributed by atoms with Crippen LogP contribution in [0.25, 0.3) is 0 Å². The van der Waals surface area contributed by atoms with Gasteiger partial charge in [-0.3, -0.25) is 4.79 Å². The van der Waals surface area contributed by atoms with Crippen LogP contribution in [0.3, 0.4) is 0 Å². The third-order valence-corrected chi connectivity index (χ3v) is 3.68. The van der Waals surface area contributed by atoms with Gasteiger partial charge in [0.2, 0.25) is 0 Å². The maximum atomic E-state index is 12.0. The molecule has 1 aromatic rings. The van der Waals surface area contributed by atoms with Crippen molar-refractivity contribution in [2.24, 2.45) is 0 Å². The summed E-state index contributed by atoms with van der Waals surface area (Å²) < 4.78 is 15.3. The van der Waals surface area contributed by atoms with Gasteiger partial charge in [0, 0.05) is 12.8 Å². The molecule has 162 valence electrons. The summed E-state index contributed by atoms with van der Waals surface area (Å²) >= 11 is 0.